The number of ether oxygens (including phenoxy) is 1. The van der Waals surface area contributed by atoms with Crippen LogP contribution in [0.25, 0.3) is 0 Å². The van der Waals surface area contributed by atoms with Gasteiger partial charge in [0, 0.05) is 26.2 Å². The Labute approximate surface area is 165 Å². The number of likely N-dealkylation sites (N-methyl/N-ethyl adjacent to an activating group) is 1. The van der Waals surface area contributed by atoms with Crippen molar-refractivity contribution in [3.8, 4) is 5.75 Å². The van der Waals surface area contributed by atoms with Crippen LogP contribution in [0, 0.1) is 6.92 Å². The fourth-order valence-corrected chi connectivity index (χ4v) is 4.82. The van der Waals surface area contributed by atoms with Gasteiger partial charge in [0.2, 0.25) is 15.9 Å². The molecule has 1 atom stereocenters. The summed E-state index contributed by atoms with van der Waals surface area (Å²) in [5, 5.41) is 2.71. The van der Waals surface area contributed by atoms with Crippen molar-refractivity contribution in [3.63, 3.8) is 0 Å². The molecule has 0 saturated carbocycles. The molecule has 0 unspecified atom stereocenters. The molecule has 2 amide bonds. The van der Waals surface area contributed by atoms with E-state index in [1.165, 1.54) is 13.1 Å². The largest absolute Gasteiger partial charge is 0.479 e. The van der Waals surface area contributed by atoms with Gasteiger partial charge >= 0.3 is 0 Å². The van der Waals surface area contributed by atoms with Crippen LogP contribution in [0.2, 0.25) is 0 Å². The van der Waals surface area contributed by atoms with Crippen LogP contribution in [0.5, 0.6) is 5.75 Å². The van der Waals surface area contributed by atoms with Crippen molar-refractivity contribution >= 4 is 27.5 Å². The number of nitrogens with one attached hydrogen (secondary N) is 1. The molecule has 0 spiro atoms. The van der Waals surface area contributed by atoms with Gasteiger partial charge in [-0.05, 0) is 38.3 Å². The Morgan fingerprint density at radius 1 is 1.25 bits per heavy atom. The van der Waals surface area contributed by atoms with E-state index in [1.54, 1.807) is 24.8 Å². The molecule has 8 nitrogen and oxygen atoms in total. The number of fused-ring (bicyclic) bond motifs is 1. The second-order valence-electron chi connectivity index (χ2n) is 7.42. The van der Waals surface area contributed by atoms with E-state index in [-0.39, 0.29) is 23.3 Å². The first-order chi connectivity index (χ1) is 13.2. The lowest BCUT2D eigenvalue weighted by Crippen LogP contribution is -2.41. The summed E-state index contributed by atoms with van der Waals surface area (Å²) >= 11 is 0. The van der Waals surface area contributed by atoms with Crippen LogP contribution in [0.1, 0.15) is 38.2 Å². The zero-order chi connectivity index (χ0) is 20.5. The average molecular weight is 410 g/mol. The second kappa shape index (κ2) is 8.08. The van der Waals surface area contributed by atoms with Gasteiger partial charge in [-0.15, -0.1) is 0 Å². The van der Waals surface area contributed by atoms with Crippen LogP contribution in [0.4, 0.5) is 5.69 Å². The summed E-state index contributed by atoms with van der Waals surface area (Å²) in [7, 11) is -2.47. The molecule has 0 bridgehead atoms. The molecule has 1 N–H and O–H groups in total. The fraction of sp³-hybridized carbons (Fsp3) is 0.579. The lowest BCUT2D eigenvalue weighted by molar-refractivity contribution is -0.131. The minimum atomic E-state index is -3.88. The maximum absolute atomic E-state index is 13.1. The summed E-state index contributed by atoms with van der Waals surface area (Å²) in [6.45, 7) is 4.40. The van der Waals surface area contributed by atoms with Gasteiger partial charge in [0.15, 0.2) is 6.10 Å². The molecule has 1 fully saturated rings. The van der Waals surface area contributed by atoms with Crippen LogP contribution in [0.3, 0.4) is 0 Å². The van der Waals surface area contributed by atoms with Crippen LogP contribution in [0.15, 0.2) is 17.0 Å². The Balaban J connectivity index is 1.81. The number of amides is 2. The zero-order valence-corrected chi connectivity index (χ0v) is 17.3. The van der Waals surface area contributed by atoms with Crippen LogP contribution in [-0.2, 0) is 19.6 Å². The van der Waals surface area contributed by atoms with Gasteiger partial charge < -0.3 is 15.0 Å². The number of sulfonamides is 1. The predicted octanol–water partition coefficient (Wildman–Crippen LogP) is 1.74. The maximum Gasteiger partial charge on any atom is 0.265 e. The molecule has 0 radical (unpaired) electrons. The van der Waals surface area contributed by atoms with Gasteiger partial charge in [-0.1, -0.05) is 12.8 Å². The zero-order valence-electron chi connectivity index (χ0n) is 16.5. The molecule has 3 rings (SSSR count). The summed E-state index contributed by atoms with van der Waals surface area (Å²) in [6.07, 6.45) is 3.40. The van der Waals surface area contributed by atoms with Crippen molar-refractivity contribution in [2.75, 3.05) is 32.0 Å². The number of aryl methyl sites for hydroxylation is 1. The SMILES string of the molecule is Cc1cc2c(cc1S(=O)(=O)N(C)CC(=O)N1CCCCCC1)O[C@H](C)C(=O)N2. The molecule has 0 aliphatic carbocycles. The third-order valence-corrected chi connectivity index (χ3v) is 7.16. The third-order valence-electron chi connectivity index (χ3n) is 5.21. The quantitative estimate of drug-likeness (QED) is 0.817. The Bertz CT molecular complexity index is 876. The van der Waals surface area contributed by atoms with E-state index in [4.69, 9.17) is 4.74 Å². The van der Waals surface area contributed by atoms with E-state index in [0.717, 1.165) is 30.0 Å². The Kier molecular flexibility index (Phi) is 5.95. The normalized spacial score (nSPS) is 20.2. The van der Waals surface area contributed by atoms with E-state index in [0.29, 0.717) is 30.1 Å². The molecule has 2 aliphatic rings. The molecule has 28 heavy (non-hydrogen) atoms. The summed E-state index contributed by atoms with van der Waals surface area (Å²) in [5.41, 5.74) is 0.925. The van der Waals surface area contributed by atoms with Gasteiger partial charge in [-0.25, -0.2) is 8.42 Å². The number of anilines is 1. The molecule has 1 aromatic carbocycles. The molecule has 9 heteroatoms. The molecule has 1 saturated heterocycles. The van der Waals surface area contributed by atoms with E-state index in [1.807, 2.05) is 0 Å². The number of hydrogen-bond acceptors (Lipinski definition) is 5. The van der Waals surface area contributed by atoms with Crippen molar-refractivity contribution < 1.29 is 22.7 Å². The first-order valence-corrected chi connectivity index (χ1v) is 11.0. The van der Waals surface area contributed by atoms with Crippen molar-refractivity contribution in [1.29, 1.82) is 0 Å². The second-order valence-corrected chi connectivity index (χ2v) is 9.43. The van der Waals surface area contributed by atoms with Crippen LogP contribution in [-0.4, -0.2) is 62.2 Å². The molecular formula is C19H27N3O5S. The predicted molar refractivity (Wildman–Crippen MR) is 105 cm³/mol. The maximum atomic E-state index is 13.1. The van der Waals surface area contributed by atoms with Crippen molar-refractivity contribution in [2.24, 2.45) is 0 Å². The summed E-state index contributed by atoms with van der Waals surface area (Å²) < 4.78 is 32.8. The minimum absolute atomic E-state index is 0.0702. The summed E-state index contributed by atoms with van der Waals surface area (Å²) in [5.74, 6) is -0.146. The molecule has 0 aromatic heterocycles. The summed E-state index contributed by atoms with van der Waals surface area (Å²) in [6, 6.07) is 3.00. The molecular weight excluding hydrogens is 382 g/mol. The van der Waals surface area contributed by atoms with Gasteiger partial charge in [-0.2, -0.15) is 4.31 Å². The molecule has 2 aliphatic heterocycles. The standard InChI is InChI=1S/C19H27N3O5S/c1-13-10-15-16(27-14(2)19(24)20-15)11-17(13)28(25,26)21(3)12-18(23)22-8-6-4-5-7-9-22/h10-11,14H,4-9,12H2,1-3H3,(H,20,24)/t14-/m1/s1. The smallest absolute Gasteiger partial charge is 0.265 e. The monoisotopic (exact) mass is 409 g/mol. The number of carbonyl (C=O) groups is 2. The lowest BCUT2D eigenvalue weighted by Gasteiger charge is -2.26. The summed E-state index contributed by atoms with van der Waals surface area (Å²) in [4.78, 5) is 26.2. The Morgan fingerprint density at radius 3 is 2.54 bits per heavy atom. The first-order valence-electron chi connectivity index (χ1n) is 9.56. The fourth-order valence-electron chi connectivity index (χ4n) is 3.48. The molecule has 2 heterocycles. The topological polar surface area (TPSA) is 96.0 Å². The van der Waals surface area contributed by atoms with E-state index in [2.05, 4.69) is 5.32 Å². The van der Waals surface area contributed by atoms with E-state index >= 15 is 0 Å². The van der Waals surface area contributed by atoms with Crippen LogP contribution < -0.4 is 10.1 Å². The minimum Gasteiger partial charge on any atom is -0.479 e. The highest BCUT2D eigenvalue weighted by Gasteiger charge is 2.30. The van der Waals surface area contributed by atoms with Gasteiger partial charge in [0.05, 0.1) is 17.1 Å². The number of carbonyl (C=O) groups excluding carboxylic acids is 2. The number of rotatable bonds is 4. The van der Waals surface area contributed by atoms with E-state index in [9.17, 15) is 18.0 Å². The van der Waals surface area contributed by atoms with Crippen molar-refractivity contribution in [1.82, 2.24) is 9.21 Å². The first kappa shape index (κ1) is 20.6. The van der Waals surface area contributed by atoms with Crippen LogP contribution >= 0.6 is 0 Å². The number of hydrogen-bond donors (Lipinski definition) is 1. The van der Waals surface area contributed by atoms with Gasteiger partial charge in [0.25, 0.3) is 5.91 Å². The highest BCUT2D eigenvalue weighted by molar-refractivity contribution is 7.89. The highest BCUT2D eigenvalue weighted by atomic mass is 32.2. The van der Waals surface area contributed by atoms with E-state index < -0.39 is 16.1 Å². The number of nitrogens with zero attached hydrogens (tertiary/aromatic N) is 2. The Morgan fingerprint density at radius 2 is 1.89 bits per heavy atom. The lowest BCUT2D eigenvalue weighted by atomic mass is 10.1. The Hall–Kier alpha value is -2.13. The average Bonchev–Trinajstić information content (AvgIpc) is 2.92. The number of likely N-dealkylation sites (tertiary alicyclic amines) is 1. The van der Waals surface area contributed by atoms with Gasteiger partial charge in [-0.3, -0.25) is 9.59 Å². The third kappa shape index (κ3) is 4.15. The van der Waals surface area contributed by atoms with Crippen molar-refractivity contribution in [2.45, 2.75) is 50.5 Å². The molecule has 154 valence electrons. The van der Waals surface area contributed by atoms with Gasteiger partial charge in [0.1, 0.15) is 5.75 Å². The number of benzene rings is 1. The highest BCUT2D eigenvalue weighted by Crippen LogP contribution is 2.35. The molecule has 1 aromatic rings. The van der Waals surface area contributed by atoms with Crippen molar-refractivity contribution in [3.05, 3.63) is 17.7 Å².